The van der Waals surface area contributed by atoms with E-state index in [0.29, 0.717) is 6.42 Å². The maximum atomic E-state index is 12.7. The number of hydrogen-bond donors (Lipinski definition) is 3. The van der Waals surface area contributed by atoms with E-state index in [4.69, 9.17) is 5.73 Å². The summed E-state index contributed by atoms with van der Waals surface area (Å²) in [6.45, 7) is 3.54. The van der Waals surface area contributed by atoms with Gasteiger partial charge in [-0.25, -0.2) is 9.18 Å². The zero-order valence-electron chi connectivity index (χ0n) is 10.9. The molecular weight excluding hydrogens is 249 g/mol. The second-order valence-electron chi connectivity index (χ2n) is 4.47. The van der Waals surface area contributed by atoms with Crippen LogP contribution >= 0.6 is 0 Å². The Bertz CT molecular complexity index is 448. The van der Waals surface area contributed by atoms with Gasteiger partial charge in [0.2, 0.25) is 5.91 Å². The number of rotatable bonds is 5. The number of nitrogens with one attached hydrogen (secondary N) is 2. The summed E-state index contributed by atoms with van der Waals surface area (Å²) in [5.74, 6) is -0.753. The van der Waals surface area contributed by atoms with Crippen LogP contribution in [0.4, 0.5) is 9.18 Å². The zero-order chi connectivity index (χ0) is 14.4. The largest absolute Gasteiger partial charge is 0.351 e. The number of nitrogens with two attached hydrogens (primary N) is 1. The first-order valence-corrected chi connectivity index (χ1v) is 5.99. The first-order valence-electron chi connectivity index (χ1n) is 5.99. The summed E-state index contributed by atoms with van der Waals surface area (Å²) < 4.78 is 12.7. The Labute approximate surface area is 111 Å². The molecule has 0 saturated heterocycles. The average molecular weight is 267 g/mol. The molecule has 1 aromatic rings. The molecule has 2 atom stereocenters. The standard InChI is InChI=1S/C13H18FN3O2/c1-8(7-10-3-5-11(14)6-4-10)16-9(2)12(18)17-13(15)19/h3-6,8-9,16H,7H2,1-2H3,(H3,15,17,18,19). The van der Waals surface area contributed by atoms with Crippen molar-refractivity contribution in [3.63, 3.8) is 0 Å². The zero-order valence-corrected chi connectivity index (χ0v) is 10.9. The van der Waals surface area contributed by atoms with Gasteiger partial charge in [-0.1, -0.05) is 12.1 Å². The molecule has 6 heteroatoms. The van der Waals surface area contributed by atoms with E-state index in [1.54, 1.807) is 19.1 Å². The Balaban J connectivity index is 2.46. The molecule has 104 valence electrons. The highest BCUT2D eigenvalue weighted by Gasteiger charge is 2.16. The minimum absolute atomic E-state index is 0.000845. The van der Waals surface area contributed by atoms with Crippen LogP contribution in [-0.4, -0.2) is 24.0 Å². The number of halogens is 1. The number of urea groups is 1. The van der Waals surface area contributed by atoms with Gasteiger partial charge in [0, 0.05) is 6.04 Å². The summed E-state index contributed by atoms with van der Waals surface area (Å²) in [6.07, 6.45) is 0.647. The fourth-order valence-corrected chi connectivity index (χ4v) is 1.77. The first-order chi connectivity index (χ1) is 8.88. The number of imide groups is 1. The monoisotopic (exact) mass is 267 g/mol. The molecule has 5 nitrogen and oxygen atoms in total. The van der Waals surface area contributed by atoms with Crippen LogP contribution in [-0.2, 0) is 11.2 Å². The number of carbonyl (C=O) groups is 2. The molecule has 3 amide bonds. The Hall–Kier alpha value is -1.95. The highest BCUT2D eigenvalue weighted by atomic mass is 19.1. The van der Waals surface area contributed by atoms with E-state index in [9.17, 15) is 14.0 Å². The van der Waals surface area contributed by atoms with Gasteiger partial charge >= 0.3 is 6.03 Å². The Morgan fingerprint density at radius 2 is 1.84 bits per heavy atom. The van der Waals surface area contributed by atoms with Crippen LogP contribution in [0.2, 0.25) is 0 Å². The highest BCUT2D eigenvalue weighted by Crippen LogP contribution is 2.06. The molecule has 1 rings (SSSR count). The maximum Gasteiger partial charge on any atom is 0.318 e. The van der Waals surface area contributed by atoms with Crippen molar-refractivity contribution < 1.29 is 14.0 Å². The molecule has 0 heterocycles. The fourth-order valence-electron chi connectivity index (χ4n) is 1.77. The SMILES string of the molecule is CC(Cc1ccc(F)cc1)NC(C)C(=O)NC(N)=O. The second kappa shape index (κ2) is 6.84. The van der Waals surface area contributed by atoms with Crippen LogP contribution in [0.15, 0.2) is 24.3 Å². The van der Waals surface area contributed by atoms with Gasteiger partial charge in [-0.2, -0.15) is 0 Å². The number of hydrogen-bond acceptors (Lipinski definition) is 3. The maximum absolute atomic E-state index is 12.7. The van der Waals surface area contributed by atoms with E-state index in [1.165, 1.54) is 12.1 Å². The van der Waals surface area contributed by atoms with Crippen LogP contribution < -0.4 is 16.4 Å². The molecule has 19 heavy (non-hydrogen) atoms. The van der Waals surface area contributed by atoms with Crippen molar-refractivity contribution in [1.82, 2.24) is 10.6 Å². The summed E-state index contributed by atoms with van der Waals surface area (Å²) in [5.41, 5.74) is 5.83. The van der Waals surface area contributed by atoms with E-state index in [2.05, 4.69) is 5.32 Å². The molecule has 0 aliphatic rings. The third kappa shape index (κ3) is 5.48. The van der Waals surface area contributed by atoms with Crippen molar-refractivity contribution in [2.45, 2.75) is 32.4 Å². The molecule has 0 aliphatic carbocycles. The van der Waals surface area contributed by atoms with Gasteiger partial charge in [0.05, 0.1) is 6.04 Å². The normalized spacial score (nSPS) is 13.6. The van der Waals surface area contributed by atoms with Crippen molar-refractivity contribution in [2.75, 3.05) is 0 Å². The predicted molar refractivity (Wildman–Crippen MR) is 69.9 cm³/mol. The molecule has 0 saturated carbocycles. The lowest BCUT2D eigenvalue weighted by Gasteiger charge is -2.19. The third-order valence-corrected chi connectivity index (χ3v) is 2.63. The van der Waals surface area contributed by atoms with Gasteiger partial charge in [-0.05, 0) is 38.0 Å². The van der Waals surface area contributed by atoms with E-state index in [1.807, 2.05) is 12.2 Å². The molecule has 0 bridgehead atoms. The molecule has 0 spiro atoms. The van der Waals surface area contributed by atoms with Gasteiger partial charge in [0.25, 0.3) is 0 Å². The molecule has 0 aliphatic heterocycles. The van der Waals surface area contributed by atoms with Crippen molar-refractivity contribution in [2.24, 2.45) is 5.73 Å². The van der Waals surface area contributed by atoms with Crippen molar-refractivity contribution >= 4 is 11.9 Å². The molecule has 2 unspecified atom stereocenters. The summed E-state index contributed by atoms with van der Waals surface area (Å²) >= 11 is 0. The van der Waals surface area contributed by atoms with Crippen LogP contribution in [0, 0.1) is 5.82 Å². The minimum Gasteiger partial charge on any atom is -0.351 e. The second-order valence-corrected chi connectivity index (χ2v) is 4.47. The summed E-state index contributed by atoms with van der Waals surface area (Å²) in [7, 11) is 0. The quantitative estimate of drug-likeness (QED) is 0.742. The van der Waals surface area contributed by atoms with E-state index in [-0.39, 0.29) is 11.9 Å². The first kappa shape index (κ1) is 15.1. The number of primary amides is 1. The van der Waals surface area contributed by atoms with Gasteiger partial charge < -0.3 is 11.1 Å². The molecule has 0 fully saturated rings. The van der Waals surface area contributed by atoms with Crippen LogP contribution in [0.3, 0.4) is 0 Å². The molecule has 1 aromatic carbocycles. The molecule has 0 aromatic heterocycles. The van der Waals surface area contributed by atoms with E-state index >= 15 is 0 Å². The lowest BCUT2D eigenvalue weighted by atomic mass is 10.1. The average Bonchev–Trinajstić information content (AvgIpc) is 2.31. The Kier molecular flexibility index (Phi) is 5.44. The highest BCUT2D eigenvalue weighted by molar-refractivity contribution is 5.96. The van der Waals surface area contributed by atoms with Crippen molar-refractivity contribution in [3.8, 4) is 0 Å². The van der Waals surface area contributed by atoms with Gasteiger partial charge in [-0.3, -0.25) is 10.1 Å². The van der Waals surface area contributed by atoms with Crippen LogP contribution in [0.25, 0.3) is 0 Å². The molecule has 4 N–H and O–H groups in total. The lowest BCUT2D eigenvalue weighted by Crippen LogP contribution is -2.49. The van der Waals surface area contributed by atoms with Crippen LogP contribution in [0.1, 0.15) is 19.4 Å². The lowest BCUT2D eigenvalue weighted by molar-refractivity contribution is -0.121. The Morgan fingerprint density at radius 1 is 1.26 bits per heavy atom. The van der Waals surface area contributed by atoms with Gasteiger partial charge in [-0.15, -0.1) is 0 Å². The number of carbonyl (C=O) groups excluding carboxylic acids is 2. The van der Waals surface area contributed by atoms with E-state index < -0.39 is 18.0 Å². The summed E-state index contributed by atoms with van der Waals surface area (Å²) in [5, 5.41) is 5.04. The molecular formula is C13H18FN3O2. The molecule has 0 radical (unpaired) electrons. The summed E-state index contributed by atoms with van der Waals surface area (Å²) in [6, 6.07) is 4.77. The van der Waals surface area contributed by atoms with Gasteiger partial charge in [0.1, 0.15) is 5.82 Å². The smallest absolute Gasteiger partial charge is 0.318 e. The number of amides is 3. The topological polar surface area (TPSA) is 84.2 Å². The number of benzene rings is 1. The third-order valence-electron chi connectivity index (χ3n) is 2.63. The fraction of sp³-hybridized carbons (Fsp3) is 0.385. The Morgan fingerprint density at radius 3 is 2.37 bits per heavy atom. The predicted octanol–water partition coefficient (Wildman–Crippen LogP) is 0.930. The van der Waals surface area contributed by atoms with Crippen molar-refractivity contribution in [3.05, 3.63) is 35.6 Å². The van der Waals surface area contributed by atoms with Crippen LogP contribution in [0.5, 0.6) is 0 Å². The minimum atomic E-state index is -0.871. The van der Waals surface area contributed by atoms with E-state index in [0.717, 1.165) is 5.56 Å². The van der Waals surface area contributed by atoms with Gasteiger partial charge in [0.15, 0.2) is 0 Å². The summed E-state index contributed by atoms with van der Waals surface area (Å²) in [4.78, 5) is 22.0. The van der Waals surface area contributed by atoms with Crippen molar-refractivity contribution in [1.29, 1.82) is 0 Å².